The number of carbonyl (C=O) groups excluding carboxylic acids is 1. The second-order valence-corrected chi connectivity index (χ2v) is 8.50. The number of rotatable bonds is 4. The maximum absolute atomic E-state index is 11.8. The molecule has 0 unspecified atom stereocenters. The van der Waals surface area contributed by atoms with Crippen LogP contribution in [0.25, 0.3) is 0 Å². The summed E-state index contributed by atoms with van der Waals surface area (Å²) >= 11 is 3.51. The van der Waals surface area contributed by atoms with Crippen LogP contribution in [0.5, 0.6) is 5.75 Å². The molecular formula is C25H23BrN2O3. The van der Waals surface area contributed by atoms with Gasteiger partial charge in [-0.1, -0.05) is 57.9 Å². The molecule has 0 saturated heterocycles. The molecule has 0 aliphatic carbocycles. The largest absolute Gasteiger partial charge is 0.508 e. The van der Waals surface area contributed by atoms with Gasteiger partial charge in [-0.3, -0.25) is 10.3 Å². The number of aromatic hydroxyl groups is 1. The first kappa shape index (κ1) is 21.3. The SMILES string of the molecule is COC(=O)c1ccc([C@H]2N=C(c3ccc(C)cc3)C[C@H](c3cc(Br)ccc3O)N2)cc1. The number of hydrogen-bond acceptors (Lipinski definition) is 5. The van der Waals surface area contributed by atoms with Crippen molar-refractivity contribution in [1.29, 1.82) is 0 Å². The number of aliphatic imine (C=N–C) groups is 1. The highest BCUT2D eigenvalue weighted by Crippen LogP contribution is 2.35. The van der Waals surface area contributed by atoms with E-state index in [0.29, 0.717) is 12.0 Å². The zero-order chi connectivity index (χ0) is 22.0. The molecule has 0 bridgehead atoms. The smallest absolute Gasteiger partial charge is 0.337 e. The topological polar surface area (TPSA) is 70.9 Å². The molecule has 0 saturated carbocycles. The molecule has 5 nitrogen and oxygen atoms in total. The van der Waals surface area contributed by atoms with Gasteiger partial charge in [0.2, 0.25) is 0 Å². The molecule has 0 spiro atoms. The average molecular weight is 479 g/mol. The van der Waals surface area contributed by atoms with Crippen LogP contribution in [0, 0.1) is 6.92 Å². The third kappa shape index (κ3) is 4.70. The summed E-state index contributed by atoms with van der Waals surface area (Å²) in [7, 11) is 1.37. The van der Waals surface area contributed by atoms with Crippen molar-refractivity contribution in [3.8, 4) is 5.75 Å². The lowest BCUT2D eigenvalue weighted by molar-refractivity contribution is 0.0600. The molecule has 6 heteroatoms. The van der Waals surface area contributed by atoms with Gasteiger partial charge in [0, 0.05) is 28.2 Å². The summed E-state index contributed by atoms with van der Waals surface area (Å²) in [6, 6.07) is 20.9. The van der Waals surface area contributed by atoms with Gasteiger partial charge in [0.1, 0.15) is 11.9 Å². The Hall–Kier alpha value is -2.96. The van der Waals surface area contributed by atoms with Gasteiger partial charge in [0.25, 0.3) is 0 Å². The number of phenolic OH excluding ortho intramolecular Hbond substituents is 1. The van der Waals surface area contributed by atoms with Crippen LogP contribution < -0.4 is 5.32 Å². The van der Waals surface area contributed by atoms with Crippen LogP contribution >= 0.6 is 15.9 Å². The predicted octanol–water partition coefficient (Wildman–Crippen LogP) is 5.47. The van der Waals surface area contributed by atoms with Gasteiger partial charge in [0.05, 0.1) is 12.7 Å². The summed E-state index contributed by atoms with van der Waals surface area (Å²) in [5, 5.41) is 14.1. The Morgan fingerprint density at radius 2 is 1.81 bits per heavy atom. The Morgan fingerprint density at radius 1 is 1.10 bits per heavy atom. The number of nitrogens with zero attached hydrogens (tertiary/aromatic N) is 1. The van der Waals surface area contributed by atoms with Crippen molar-refractivity contribution in [1.82, 2.24) is 5.32 Å². The van der Waals surface area contributed by atoms with E-state index < -0.39 is 0 Å². The van der Waals surface area contributed by atoms with Crippen LogP contribution in [0.3, 0.4) is 0 Å². The highest BCUT2D eigenvalue weighted by atomic mass is 79.9. The minimum absolute atomic E-state index is 0.128. The van der Waals surface area contributed by atoms with Crippen LogP contribution in [0.15, 0.2) is 76.2 Å². The minimum Gasteiger partial charge on any atom is -0.508 e. The molecule has 3 aromatic carbocycles. The summed E-state index contributed by atoms with van der Waals surface area (Å²) < 4.78 is 5.69. The van der Waals surface area contributed by atoms with Gasteiger partial charge in [-0.05, 0) is 48.4 Å². The predicted molar refractivity (Wildman–Crippen MR) is 125 cm³/mol. The third-order valence-corrected chi connectivity index (χ3v) is 5.93. The van der Waals surface area contributed by atoms with Gasteiger partial charge < -0.3 is 9.84 Å². The number of halogens is 1. The van der Waals surface area contributed by atoms with Crippen molar-refractivity contribution >= 4 is 27.6 Å². The Kier molecular flexibility index (Phi) is 6.20. The van der Waals surface area contributed by atoms with Gasteiger partial charge >= 0.3 is 5.97 Å². The Labute approximate surface area is 189 Å². The molecular weight excluding hydrogens is 456 g/mol. The monoisotopic (exact) mass is 478 g/mol. The molecule has 31 heavy (non-hydrogen) atoms. The summed E-state index contributed by atoms with van der Waals surface area (Å²) in [5.41, 5.74) is 5.44. The highest BCUT2D eigenvalue weighted by molar-refractivity contribution is 9.10. The molecule has 3 aromatic rings. The van der Waals surface area contributed by atoms with E-state index in [9.17, 15) is 9.90 Å². The van der Waals surface area contributed by atoms with Crippen LogP contribution in [0.2, 0.25) is 0 Å². The second kappa shape index (κ2) is 9.04. The Bertz CT molecular complexity index is 1120. The molecule has 2 atom stereocenters. The molecule has 0 radical (unpaired) electrons. The number of benzene rings is 3. The lowest BCUT2D eigenvalue weighted by Crippen LogP contribution is -2.33. The van der Waals surface area contributed by atoms with Gasteiger partial charge in [0.15, 0.2) is 0 Å². The number of phenols is 1. The van der Waals surface area contributed by atoms with Gasteiger partial charge in [-0.15, -0.1) is 0 Å². The molecule has 158 valence electrons. The molecule has 0 aromatic heterocycles. The summed E-state index contributed by atoms with van der Waals surface area (Å²) in [5.74, 6) is -0.130. The highest BCUT2D eigenvalue weighted by Gasteiger charge is 2.28. The zero-order valence-electron chi connectivity index (χ0n) is 17.3. The lowest BCUT2D eigenvalue weighted by atomic mass is 9.93. The number of nitrogens with one attached hydrogen (secondary N) is 1. The van der Waals surface area contributed by atoms with E-state index in [4.69, 9.17) is 9.73 Å². The van der Waals surface area contributed by atoms with Crippen molar-refractivity contribution in [2.24, 2.45) is 4.99 Å². The molecule has 1 aliphatic heterocycles. The normalized spacial score (nSPS) is 18.4. The number of aryl methyl sites for hydroxylation is 1. The zero-order valence-corrected chi connectivity index (χ0v) is 18.9. The van der Waals surface area contributed by atoms with E-state index in [1.54, 1.807) is 18.2 Å². The second-order valence-electron chi connectivity index (χ2n) is 7.58. The van der Waals surface area contributed by atoms with Crippen LogP contribution in [-0.2, 0) is 4.74 Å². The van der Waals surface area contributed by atoms with Crippen molar-refractivity contribution in [3.63, 3.8) is 0 Å². The standard InChI is InChI=1S/C25H23BrN2O3/c1-15-3-5-16(6-4-15)21-14-22(20-13-19(26)11-12-23(20)29)28-24(27-21)17-7-9-18(10-8-17)25(30)31-2/h3-13,22,24,28-29H,14H2,1-2H3/t22-,24+/m1/s1. The van der Waals surface area contributed by atoms with Crippen molar-refractivity contribution in [2.75, 3.05) is 7.11 Å². The van der Waals surface area contributed by atoms with Crippen molar-refractivity contribution < 1.29 is 14.6 Å². The maximum Gasteiger partial charge on any atom is 0.337 e. The fraction of sp³-hybridized carbons (Fsp3) is 0.200. The first-order valence-corrected chi connectivity index (χ1v) is 10.8. The number of hydrogen-bond donors (Lipinski definition) is 2. The molecule has 2 N–H and O–H groups in total. The number of carbonyl (C=O) groups is 1. The van der Waals surface area contributed by atoms with E-state index in [-0.39, 0.29) is 23.9 Å². The average Bonchev–Trinajstić information content (AvgIpc) is 2.80. The van der Waals surface area contributed by atoms with E-state index in [0.717, 1.165) is 26.9 Å². The number of methoxy groups -OCH3 is 1. The Balaban J connectivity index is 1.73. The summed E-state index contributed by atoms with van der Waals surface area (Å²) in [6.07, 6.45) is 0.323. The van der Waals surface area contributed by atoms with Crippen molar-refractivity contribution in [3.05, 3.63) is 99.0 Å². The molecule has 4 rings (SSSR count). The summed E-state index contributed by atoms with van der Waals surface area (Å²) in [6.45, 7) is 2.06. The fourth-order valence-electron chi connectivity index (χ4n) is 3.72. The van der Waals surface area contributed by atoms with E-state index in [1.807, 2.05) is 24.3 Å². The van der Waals surface area contributed by atoms with Crippen molar-refractivity contribution in [2.45, 2.75) is 25.6 Å². The lowest BCUT2D eigenvalue weighted by Gasteiger charge is -2.31. The van der Waals surface area contributed by atoms with Crippen LogP contribution in [-0.4, -0.2) is 23.9 Å². The Morgan fingerprint density at radius 3 is 2.48 bits per heavy atom. The number of ether oxygens (including phenoxy) is 1. The molecule has 0 amide bonds. The first-order valence-electron chi connectivity index (χ1n) is 10.0. The van der Waals surface area contributed by atoms with E-state index in [2.05, 4.69) is 52.4 Å². The summed E-state index contributed by atoms with van der Waals surface area (Å²) in [4.78, 5) is 16.7. The van der Waals surface area contributed by atoms with Gasteiger partial charge in [-0.25, -0.2) is 4.79 Å². The molecule has 1 aliphatic rings. The quantitative estimate of drug-likeness (QED) is 0.487. The fourth-order valence-corrected chi connectivity index (χ4v) is 4.10. The van der Waals surface area contributed by atoms with E-state index >= 15 is 0 Å². The van der Waals surface area contributed by atoms with Crippen LogP contribution in [0.4, 0.5) is 0 Å². The van der Waals surface area contributed by atoms with Crippen LogP contribution in [0.1, 0.15) is 51.2 Å². The number of esters is 1. The van der Waals surface area contributed by atoms with Gasteiger partial charge in [-0.2, -0.15) is 0 Å². The minimum atomic E-state index is -0.371. The third-order valence-electron chi connectivity index (χ3n) is 5.44. The molecule has 1 heterocycles. The maximum atomic E-state index is 11.8. The first-order chi connectivity index (χ1) is 14.9. The van der Waals surface area contributed by atoms with E-state index in [1.165, 1.54) is 12.7 Å². The molecule has 0 fully saturated rings.